The maximum Gasteiger partial charge on any atom is 0.0920 e. The van der Waals surface area contributed by atoms with Gasteiger partial charge in [0.05, 0.1) is 9.52 Å². The predicted octanol–water partition coefficient (Wildman–Crippen LogP) is 15.5. The van der Waals surface area contributed by atoms with Crippen LogP contribution >= 0.6 is 17.0 Å². The normalized spacial score (nSPS) is 11.7. The minimum Gasteiger partial charge on any atom is -0.184 e. The second kappa shape index (κ2) is 20.9. The molecule has 1 aliphatic heterocycles. The summed E-state index contributed by atoms with van der Waals surface area (Å²) in [5.74, 6) is 0. The topological polar surface area (TPSA) is 0 Å². The summed E-state index contributed by atoms with van der Waals surface area (Å²) in [6.45, 7) is 18.2. The summed E-state index contributed by atoms with van der Waals surface area (Å²) >= 11 is -0.826. The van der Waals surface area contributed by atoms with Crippen molar-refractivity contribution in [2.45, 2.75) is 91.9 Å². The van der Waals surface area contributed by atoms with Gasteiger partial charge in [0.15, 0.2) is 0 Å². The molecule has 0 saturated heterocycles. The molecule has 4 heteroatoms. The van der Waals surface area contributed by atoms with Gasteiger partial charge in [-0.25, -0.2) is 0 Å². The third kappa shape index (κ3) is 11.0. The Morgan fingerprint density at radius 1 is 0.517 bits per heavy atom. The SMILES string of the molecule is CCCc1cc2c(-c3ccccc3C(C)(C)C)cccc2[cH-]1.CCCc1cc2c(-c3ccccc3C(C)(C)C)cccc2[cH-]1.[Cl][Zr][Cl].[c-]1cccc2c1[Si]c1ccccc1-2. The van der Waals surface area contributed by atoms with E-state index >= 15 is 0 Å². The van der Waals surface area contributed by atoms with Gasteiger partial charge in [-0.3, -0.25) is 0 Å². The fraction of sp³-hybridized carbons (Fsp3) is 0.250. The first-order valence-corrected chi connectivity index (χ1v) is 28.6. The number of benzene rings is 6. The molecule has 0 unspecified atom stereocenters. The van der Waals surface area contributed by atoms with Crippen molar-refractivity contribution >= 4 is 58.5 Å². The molecule has 0 spiro atoms. The quantitative estimate of drug-likeness (QED) is 0.115. The van der Waals surface area contributed by atoms with Gasteiger partial charge in [-0.15, -0.1) is 74.6 Å². The van der Waals surface area contributed by atoms with Crippen LogP contribution in [0.3, 0.4) is 0 Å². The third-order valence-electron chi connectivity index (χ3n) is 11.1. The summed E-state index contributed by atoms with van der Waals surface area (Å²) < 4.78 is 0. The molecule has 2 radical (unpaired) electrons. The molecular formula is C56H57Cl2SiZr-3. The van der Waals surface area contributed by atoms with Gasteiger partial charge in [-0.05, 0) is 45.9 Å². The Kier molecular flexibility index (Phi) is 15.9. The van der Waals surface area contributed by atoms with Gasteiger partial charge in [-0.2, -0.15) is 41.6 Å². The van der Waals surface area contributed by atoms with E-state index in [1.54, 1.807) is 0 Å². The summed E-state index contributed by atoms with van der Waals surface area (Å²) in [6, 6.07) is 58.7. The summed E-state index contributed by atoms with van der Waals surface area (Å²) in [5, 5.41) is 8.34. The van der Waals surface area contributed by atoms with E-state index in [0.29, 0.717) is 0 Å². The Bertz CT molecular complexity index is 2450. The van der Waals surface area contributed by atoms with Crippen LogP contribution in [-0.2, 0) is 44.5 Å². The van der Waals surface area contributed by atoms with Gasteiger partial charge < -0.3 is 0 Å². The number of fused-ring (bicyclic) bond motifs is 5. The van der Waals surface area contributed by atoms with E-state index in [2.05, 4.69) is 207 Å². The van der Waals surface area contributed by atoms with E-state index in [0.717, 1.165) is 22.4 Å². The van der Waals surface area contributed by atoms with Crippen molar-refractivity contribution in [2.24, 2.45) is 0 Å². The molecule has 0 atom stereocenters. The monoisotopic (exact) mass is 917 g/mol. The minimum atomic E-state index is -0.826. The van der Waals surface area contributed by atoms with E-state index < -0.39 is 20.8 Å². The first-order valence-electron chi connectivity index (χ1n) is 21.3. The van der Waals surface area contributed by atoms with Crippen LogP contribution in [0.5, 0.6) is 0 Å². The number of halogens is 2. The average Bonchev–Trinajstić information content (AvgIpc) is 3.96. The van der Waals surface area contributed by atoms with Crippen molar-refractivity contribution in [1.29, 1.82) is 0 Å². The molecule has 0 fully saturated rings. The molecule has 0 aliphatic carbocycles. The zero-order chi connectivity index (χ0) is 42.9. The largest absolute Gasteiger partial charge is 0.184 e. The van der Waals surface area contributed by atoms with E-state index in [4.69, 9.17) is 17.0 Å². The smallest absolute Gasteiger partial charge is 0.0920 e. The molecule has 0 saturated carbocycles. The van der Waals surface area contributed by atoms with Crippen molar-refractivity contribution in [3.8, 4) is 33.4 Å². The van der Waals surface area contributed by atoms with Gasteiger partial charge in [0.1, 0.15) is 0 Å². The van der Waals surface area contributed by atoms with Crippen LogP contribution in [0.1, 0.15) is 90.5 Å². The van der Waals surface area contributed by atoms with Crippen LogP contribution in [0.4, 0.5) is 0 Å². The van der Waals surface area contributed by atoms with Crippen molar-refractivity contribution in [3.63, 3.8) is 0 Å². The Morgan fingerprint density at radius 2 is 0.933 bits per heavy atom. The van der Waals surface area contributed by atoms with Gasteiger partial charge in [0.2, 0.25) is 0 Å². The average molecular weight is 920 g/mol. The molecule has 60 heavy (non-hydrogen) atoms. The Labute approximate surface area is 381 Å². The molecule has 0 nitrogen and oxygen atoms in total. The van der Waals surface area contributed by atoms with Crippen molar-refractivity contribution in [3.05, 3.63) is 180 Å². The Hall–Kier alpha value is -3.78. The summed E-state index contributed by atoms with van der Waals surface area (Å²) in [7, 11) is 10.7. The van der Waals surface area contributed by atoms with E-state index in [-0.39, 0.29) is 10.8 Å². The van der Waals surface area contributed by atoms with E-state index in [9.17, 15) is 0 Å². The van der Waals surface area contributed by atoms with Crippen LogP contribution < -0.4 is 10.4 Å². The second-order valence-corrected chi connectivity index (χ2v) is 22.7. The van der Waals surface area contributed by atoms with Crippen LogP contribution in [0, 0.1) is 6.07 Å². The minimum absolute atomic E-state index is 0.150. The molecule has 306 valence electrons. The van der Waals surface area contributed by atoms with Gasteiger partial charge in [-0.1, -0.05) is 175 Å². The van der Waals surface area contributed by atoms with Crippen molar-refractivity contribution in [2.75, 3.05) is 0 Å². The zero-order valence-electron chi connectivity index (χ0n) is 36.5. The molecule has 0 amide bonds. The van der Waals surface area contributed by atoms with Crippen molar-refractivity contribution in [1.82, 2.24) is 0 Å². The summed E-state index contributed by atoms with van der Waals surface area (Å²) in [6.07, 6.45) is 4.72. The van der Waals surface area contributed by atoms with Gasteiger partial charge >= 0.3 is 37.9 Å². The molecule has 1 aliphatic rings. The maximum atomic E-state index is 4.93. The van der Waals surface area contributed by atoms with Gasteiger partial charge in [0.25, 0.3) is 0 Å². The van der Waals surface area contributed by atoms with E-state index in [1.165, 1.54) is 100 Å². The van der Waals surface area contributed by atoms with Crippen LogP contribution in [-0.4, -0.2) is 9.52 Å². The maximum absolute atomic E-state index is 4.93. The molecule has 0 N–H and O–H groups in total. The number of rotatable bonds is 6. The zero-order valence-corrected chi connectivity index (χ0v) is 41.5. The van der Waals surface area contributed by atoms with Crippen LogP contribution in [0.2, 0.25) is 0 Å². The van der Waals surface area contributed by atoms with Gasteiger partial charge in [0, 0.05) is 0 Å². The molecule has 0 bridgehead atoms. The summed E-state index contributed by atoms with van der Waals surface area (Å²) in [5.41, 5.74) is 14.3. The molecule has 1 heterocycles. The summed E-state index contributed by atoms with van der Waals surface area (Å²) in [4.78, 5) is 0. The molecule has 8 aromatic carbocycles. The molecule has 8 aromatic rings. The number of hydrogen-bond donors (Lipinski definition) is 0. The predicted molar refractivity (Wildman–Crippen MR) is 263 cm³/mol. The number of aryl methyl sites for hydroxylation is 2. The first kappa shape index (κ1) is 45.7. The van der Waals surface area contributed by atoms with Crippen molar-refractivity contribution < 1.29 is 20.8 Å². The second-order valence-electron chi connectivity index (χ2n) is 17.6. The fourth-order valence-electron chi connectivity index (χ4n) is 8.40. The standard InChI is InChI=1S/2C22H25.C12H7Si.2ClH.Zr/c2*1-5-9-16-14-17-10-8-12-18(20(17)15-16)19-11-6-7-13-21(19)22(2,3)4;1-3-7-11-9(5-1)10-6-2-4-8-12(10)13-11;;;/h2*6-8,10-15H,5,9H2,1-4H3;1-7H;2*1H;/q3*-1;;;+2/p-2. The van der Waals surface area contributed by atoms with Crippen LogP contribution in [0.15, 0.2) is 152 Å². The number of hydrogen-bond acceptors (Lipinski definition) is 0. The Balaban J connectivity index is 0.000000150. The molecular weight excluding hydrogens is 863 g/mol. The third-order valence-corrected chi connectivity index (χ3v) is 12.5. The fourth-order valence-corrected chi connectivity index (χ4v) is 9.71. The Morgan fingerprint density at radius 3 is 1.40 bits per heavy atom. The van der Waals surface area contributed by atoms with E-state index in [1.807, 2.05) is 6.07 Å². The van der Waals surface area contributed by atoms with Crippen LogP contribution in [0.25, 0.3) is 54.9 Å². The molecule has 0 aromatic heterocycles. The first-order chi connectivity index (χ1) is 28.9. The molecule has 9 rings (SSSR count).